The van der Waals surface area contributed by atoms with Crippen molar-refractivity contribution in [1.29, 1.82) is 0 Å². The third-order valence-corrected chi connectivity index (χ3v) is 2.92. The first-order valence-corrected chi connectivity index (χ1v) is 5.17. The van der Waals surface area contributed by atoms with Crippen molar-refractivity contribution in [2.45, 2.75) is 33.1 Å². The summed E-state index contributed by atoms with van der Waals surface area (Å²) in [6.07, 6.45) is -1.74. The Balaban J connectivity index is 4.63. The number of halogens is 2. The third kappa shape index (κ3) is 3.37. The molecule has 88 valence electrons. The van der Waals surface area contributed by atoms with Crippen LogP contribution in [-0.4, -0.2) is 23.9 Å². The smallest absolute Gasteiger partial charge is 0.255 e. The van der Waals surface area contributed by atoms with E-state index in [-0.39, 0.29) is 4.99 Å². The van der Waals surface area contributed by atoms with E-state index in [9.17, 15) is 13.6 Å². The second kappa shape index (κ2) is 5.95. The first-order valence-electron chi connectivity index (χ1n) is 4.77. The summed E-state index contributed by atoms with van der Waals surface area (Å²) in [6, 6.07) is 0. The van der Waals surface area contributed by atoms with Crippen molar-refractivity contribution in [3.8, 4) is 0 Å². The van der Waals surface area contributed by atoms with Crippen LogP contribution in [0.3, 0.4) is 0 Å². The molecule has 0 spiro atoms. The number of thiocarbonyl (C=S) groups is 1. The van der Waals surface area contributed by atoms with Crippen molar-refractivity contribution >= 4 is 23.1 Å². The molecule has 15 heavy (non-hydrogen) atoms. The van der Waals surface area contributed by atoms with Gasteiger partial charge in [-0.25, -0.2) is 8.78 Å². The molecule has 0 aromatic heterocycles. The summed E-state index contributed by atoms with van der Waals surface area (Å²) in [7, 11) is 0. The number of carbonyl (C=O) groups is 1. The van der Waals surface area contributed by atoms with Crippen LogP contribution < -0.4 is 11.1 Å². The van der Waals surface area contributed by atoms with Gasteiger partial charge in [0, 0.05) is 0 Å². The summed E-state index contributed by atoms with van der Waals surface area (Å²) in [5, 5.41) is 2.15. The molecule has 1 amide bonds. The molecule has 0 radical (unpaired) electrons. The van der Waals surface area contributed by atoms with Crippen molar-refractivity contribution in [2.75, 3.05) is 6.54 Å². The summed E-state index contributed by atoms with van der Waals surface area (Å²) in [5.74, 6) is -0.514. The molecule has 0 aliphatic heterocycles. The zero-order valence-electron chi connectivity index (χ0n) is 8.85. The lowest BCUT2D eigenvalue weighted by atomic mass is 9.81. The molecular formula is C9H16F2N2OS. The Morgan fingerprint density at radius 3 is 2.20 bits per heavy atom. The number of nitrogens with one attached hydrogen (secondary N) is 1. The fourth-order valence-electron chi connectivity index (χ4n) is 1.37. The van der Waals surface area contributed by atoms with Gasteiger partial charge < -0.3 is 11.1 Å². The van der Waals surface area contributed by atoms with E-state index < -0.39 is 24.3 Å². The molecular weight excluding hydrogens is 222 g/mol. The van der Waals surface area contributed by atoms with E-state index in [1.165, 1.54) is 0 Å². The number of hydrogen-bond donors (Lipinski definition) is 2. The Hall–Kier alpha value is -0.780. The molecule has 0 aromatic carbocycles. The highest BCUT2D eigenvalue weighted by atomic mass is 32.1. The number of hydrogen-bond acceptors (Lipinski definition) is 2. The number of carbonyl (C=O) groups excluding carboxylic acids is 1. The largest absolute Gasteiger partial charge is 0.392 e. The Morgan fingerprint density at radius 2 is 1.93 bits per heavy atom. The first-order chi connectivity index (χ1) is 6.90. The van der Waals surface area contributed by atoms with Gasteiger partial charge in [-0.15, -0.1) is 0 Å². The standard InChI is InChI=1S/C9H16F2N2OS/c1-3-9(4-2,7(12)15)8(14)13-5-6(10)11/h6H,3-5H2,1-2H3,(H2,12,15)(H,13,14). The van der Waals surface area contributed by atoms with Crippen LogP contribution in [-0.2, 0) is 4.79 Å². The van der Waals surface area contributed by atoms with Gasteiger partial charge in [0.2, 0.25) is 5.91 Å². The lowest BCUT2D eigenvalue weighted by Gasteiger charge is -2.28. The van der Waals surface area contributed by atoms with Crippen LogP contribution in [0.2, 0.25) is 0 Å². The molecule has 0 rings (SSSR count). The highest BCUT2D eigenvalue weighted by Crippen LogP contribution is 2.27. The number of rotatable bonds is 6. The normalized spacial score (nSPS) is 11.5. The molecule has 0 saturated carbocycles. The zero-order chi connectivity index (χ0) is 12.1. The number of nitrogens with two attached hydrogens (primary N) is 1. The lowest BCUT2D eigenvalue weighted by Crippen LogP contribution is -2.49. The number of alkyl halides is 2. The molecule has 0 aromatic rings. The van der Waals surface area contributed by atoms with E-state index in [1.54, 1.807) is 13.8 Å². The summed E-state index contributed by atoms with van der Waals surface area (Å²) in [4.78, 5) is 11.7. The Kier molecular flexibility index (Phi) is 5.64. The zero-order valence-corrected chi connectivity index (χ0v) is 9.66. The molecule has 0 aliphatic carbocycles. The van der Waals surface area contributed by atoms with E-state index in [0.29, 0.717) is 12.8 Å². The van der Waals surface area contributed by atoms with Crippen molar-refractivity contribution < 1.29 is 13.6 Å². The summed E-state index contributed by atoms with van der Waals surface area (Å²) < 4.78 is 23.8. The van der Waals surface area contributed by atoms with Gasteiger partial charge in [0.1, 0.15) is 0 Å². The van der Waals surface area contributed by atoms with Gasteiger partial charge in [-0.3, -0.25) is 4.79 Å². The lowest BCUT2D eigenvalue weighted by molar-refractivity contribution is -0.128. The Morgan fingerprint density at radius 1 is 1.47 bits per heavy atom. The predicted octanol–water partition coefficient (Wildman–Crippen LogP) is 1.46. The van der Waals surface area contributed by atoms with Crippen LogP contribution in [0.25, 0.3) is 0 Å². The average molecular weight is 238 g/mol. The van der Waals surface area contributed by atoms with Gasteiger partial charge in [-0.05, 0) is 12.8 Å². The van der Waals surface area contributed by atoms with Crippen molar-refractivity contribution in [3.05, 3.63) is 0 Å². The predicted molar refractivity (Wildman–Crippen MR) is 58.8 cm³/mol. The van der Waals surface area contributed by atoms with Crippen molar-refractivity contribution in [1.82, 2.24) is 5.32 Å². The van der Waals surface area contributed by atoms with Gasteiger partial charge in [0.25, 0.3) is 6.43 Å². The van der Waals surface area contributed by atoms with E-state index >= 15 is 0 Å². The minimum Gasteiger partial charge on any atom is -0.392 e. The van der Waals surface area contributed by atoms with Crippen LogP contribution in [0.15, 0.2) is 0 Å². The molecule has 0 unspecified atom stereocenters. The van der Waals surface area contributed by atoms with Gasteiger partial charge in [-0.1, -0.05) is 26.1 Å². The molecule has 0 atom stereocenters. The second-order valence-corrected chi connectivity index (χ2v) is 3.69. The van der Waals surface area contributed by atoms with Crippen LogP contribution in [0, 0.1) is 5.41 Å². The van der Waals surface area contributed by atoms with Gasteiger partial charge >= 0.3 is 0 Å². The van der Waals surface area contributed by atoms with E-state index in [4.69, 9.17) is 18.0 Å². The van der Waals surface area contributed by atoms with Gasteiger partial charge in [0.05, 0.1) is 16.9 Å². The minimum absolute atomic E-state index is 0.0549. The first kappa shape index (κ1) is 14.2. The summed E-state index contributed by atoms with van der Waals surface area (Å²) in [6.45, 7) is 2.85. The Labute approximate surface area is 93.4 Å². The molecule has 0 bridgehead atoms. The Bertz CT molecular complexity index is 242. The van der Waals surface area contributed by atoms with Crippen molar-refractivity contribution in [3.63, 3.8) is 0 Å². The summed E-state index contributed by atoms with van der Waals surface area (Å²) >= 11 is 4.81. The van der Waals surface area contributed by atoms with Gasteiger partial charge in [-0.2, -0.15) is 0 Å². The van der Waals surface area contributed by atoms with E-state index in [1.807, 2.05) is 0 Å². The van der Waals surface area contributed by atoms with E-state index in [2.05, 4.69) is 5.32 Å². The van der Waals surface area contributed by atoms with Crippen LogP contribution in [0.5, 0.6) is 0 Å². The fraction of sp³-hybridized carbons (Fsp3) is 0.778. The third-order valence-electron chi connectivity index (χ3n) is 2.53. The van der Waals surface area contributed by atoms with Crippen LogP contribution >= 0.6 is 12.2 Å². The quantitative estimate of drug-likeness (QED) is 0.689. The maximum absolute atomic E-state index is 11.9. The van der Waals surface area contributed by atoms with E-state index in [0.717, 1.165) is 0 Å². The molecule has 0 saturated heterocycles. The second-order valence-electron chi connectivity index (χ2n) is 3.25. The minimum atomic E-state index is -2.56. The SMILES string of the molecule is CCC(CC)(C(=O)NCC(F)F)C(N)=S. The maximum atomic E-state index is 11.9. The number of amides is 1. The molecule has 0 heterocycles. The van der Waals surface area contributed by atoms with Gasteiger partial charge in [0.15, 0.2) is 0 Å². The highest BCUT2D eigenvalue weighted by Gasteiger charge is 2.38. The molecule has 0 aliphatic rings. The maximum Gasteiger partial charge on any atom is 0.255 e. The fourth-order valence-corrected chi connectivity index (χ4v) is 1.75. The monoisotopic (exact) mass is 238 g/mol. The molecule has 3 nitrogen and oxygen atoms in total. The summed E-state index contributed by atoms with van der Waals surface area (Å²) in [5.41, 5.74) is 4.49. The van der Waals surface area contributed by atoms with Crippen molar-refractivity contribution in [2.24, 2.45) is 11.1 Å². The average Bonchev–Trinajstić information content (AvgIpc) is 2.17. The molecule has 6 heteroatoms. The van der Waals surface area contributed by atoms with Crippen LogP contribution in [0.1, 0.15) is 26.7 Å². The molecule has 3 N–H and O–H groups in total. The molecule has 0 fully saturated rings. The van der Waals surface area contributed by atoms with Crippen LogP contribution in [0.4, 0.5) is 8.78 Å². The highest BCUT2D eigenvalue weighted by molar-refractivity contribution is 7.80. The topological polar surface area (TPSA) is 55.1 Å².